The molecule has 0 saturated carbocycles. The van der Waals surface area contributed by atoms with Crippen molar-refractivity contribution in [1.29, 1.82) is 5.26 Å². The van der Waals surface area contributed by atoms with E-state index in [4.69, 9.17) is 10.00 Å². The van der Waals surface area contributed by atoms with Gasteiger partial charge < -0.3 is 9.84 Å². The van der Waals surface area contributed by atoms with Crippen LogP contribution in [-0.2, 0) is 4.74 Å². The van der Waals surface area contributed by atoms with Crippen molar-refractivity contribution in [2.45, 2.75) is 0 Å². The molecule has 72 valence electrons. The van der Waals surface area contributed by atoms with Crippen molar-refractivity contribution < 1.29 is 9.84 Å². The molecule has 0 amide bonds. The fourth-order valence-corrected chi connectivity index (χ4v) is 1.08. The molecule has 0 atom stereocenters. The molecule has 0 heterocycles. The molecule has 1 aromatic rings. The smallest absolute Gasteiger partial charge is 0.116 e. The minimum atomic E-state index is 0.188. The lowest BCUT2D eigenvalue weighted by Gasteiger charge is -1.98. The fourth-order valence-electron chi connectivity index (χ4n) is 1.08. The lowest BCUT2D eigenvalue weighted by atomic mass is 10.1. The van der Waals surface area contributed by atoms with Gasteiger partial charge in [-0.15, -0.1) is 0 Å². The number of nitrogens with zero attached hydrogens (tertiary/aromatic N) is 1. The van der Waals surface area contributed by atoms with E-state index in [0.29, 0.717) is 5.57 Å². The van der Waals surface area contributed by atoms with E-state index < -0.39 is 0 Å². The van der Waals surface area contributed by atoms with Gasteiger partial charge in [0.05, 0.1) is 18.2 Å². The number of nitriles is 1. The summed E-state index contributed by atoms with van der Waals surface area (Å²) < 4.78 is 4.84. The van der Waals surface area contributed by atoms with Crippen LogP contribution in [0.1, 0.15) is 5.56 Å². The second-order valence-electron chi connectivity index (χ2n) is 2.81. The van der Waals surface area contributed by atoms with E-state index in [1.807, 2.05) is 12.1 Å². The maximum absolute atomic E-state index is 9.19. The van der Waals surface area contributed by atoms with Crippen molar-refractivity contribution in [2.75, 3.05) is 13.7 Å². The van der Waals surface area contributed by atoms with E-state index in [1.165, 1.54) is 7.11 Å². The van der Waals surface area contributed by atoms with Crippen molar-refractivity contribution in [3.63, 3.8) is 0 Å². The molecular formula is C11H11NO2. The van der Waals surface area contributed by atoms with E-state index in [9.17, 15) is 5.11 Å². The highest BCUT2D eigenvalue weighted by Crippen LogP contribution is 2.13. The monoisotopic (exact) mass is 189 g/mol. The van der Waals surface area contributed by atoms with Crippen LogP contribution in [0.25, 0.3) is 6.08 Å². The highest BCUT2D eigenvalue weighted by molar-refractivity contribution is 5.58. The maximum Gasteiger partial charge on any atom is 0.116 e. The van der Waals surface area contributed by atoms with Gasteiger partial charge in [-0.25, -0.2) is 0 Å². The van der Waals surface area contributed by atoms with Gasteiger partial charge in [0, 0.05) is 7.11 Å². The van der Waals surface area contributed by atoms with Crippen molar-refractivity contribution >= 4 is 6.08 Å². The summed E-state index contributed by atoms with van der Waals surface area (Å²) in [4.78, 5) is 0. The minimum absolute atomic E-state index is 0.188. The van der Waals surface area contributed by atoms with Crippen LogP contribution in [0.3, 0.4) is 0 Å². The summed E-state index contributed by atoms with van der Waals surface area (Å²) in [6, 6.07) is 8.74. The molecule has 0 fully saturated rings. The Bertz CT molecular complexity index is 377. The highest BCUT2D eigenvalue weighted by Gasteiger charge is 1.96. The average Bonchev–Trinajstić information content (AvgIpc) is 2.17. The van der Waals surface area contributed by atoms with Crippen LogP contribution in [-0.4, -0.2) is 18.8 Å². The van der Waals surface area contributed by atoms with Crippen molar-refractivity contribution in [2.24, 2.45) is 0 Å². The molecule has 0 spiro atoms. The molecule has 3 heteroatoms. The van der Waals surface area contributed by atoms with Crippen LogP contribution >= 0.6 is 0 Å². The van der Waals surface area contributed by atoms with Crippen LogP contribution in [0.5, 0.6) is 5.75 Å². The van der Waals surface area contributed by atoms with Crippen molar-refractivity contribution in [1.82, 2.24) is 0 Å². The van der Waals surface area contributed by atoms with Gasteiger partial charge in [0.15, 0.2) is 0 Å². The van der Waals surface area contributed by atoms with Gasteiger partial charge in [-0.05, 0) is 23.8 Å². The Balaban J connectivity index is 2.90. The Morgan fingerprint density at radius 2 is 2.43 bits per heavy atom. The van der Waals surface area contributed by atoms with E-state index >= 15 is 0 Å². The molecule has 3 nitrogen and oxygen atoms in total. The Morgan fingerprint density at radius 3 is 3.00 bits per heavy atom. The molecule has 0 saturated heterocycles. The minimum Gasteiger partial charge on any atom is -0.508 e. The predicted molar refractivity (Wildman–Crippen MR) is 53.6 cm³/mol. The molecular weight excluding hydrogens is 178 g/mol. The average molecular weight is 189 g/mol. The van der Waals surface area contributed by atoms with Crippen molar-refractivity contribution in [3.05, 3.63) is 35.4 Å². The van der Waals surface area contributed by atoms with E-state index in [2.05, 4.69) is 0 Å². The van der Waals surface area contributed by atoms with Crippen LogP contribution in [0.15, 0.2) is 29.8 Å². The van der Waals surface area contributed by atoms with Gasteiger partial charge in [0.25, 0.3) is 0 Å². The Kier molecular flexibility index (Phi) is 3.71. The van der Waals surface area contributed by atoms with E-state index in [-0.39, 0.29) is 12.4 Å². The molecule has 0 aliphatic rings. The van der Waals surface area contributed by atoms with Gasteiger partial charge in [-0.1, -0.05) is 12.1 Å². The summed E-state index contributed by atoms with van der Waals surface area (Å²) in [5, 5.41) is 17.9. The molecule has 0 bridgehead atoms. The third-order valence-electron chi connectivity index (χ3n) is 1.65. The molecule has 0 radical (unpaired) electrons. The quantitative estimate of drug-likeness (QED) is 0.739. The molecule has 0 aromatic heterocycles. The summed E-state index contributed by atoms with van der Waals surface area (Å²) in [5.74, 6) is 0.188. The summed E-state index contributed by atoms with van der Waals surface area (Å²) in [7, 11) is 1.54. The Morgan fingerprint density at radius 1 is 1.64 bits per heavy atom. The first-order valence-electron chi connectivity index (χ1n) is 4.15. The van der Waals surface area contributed by atoms with E-state index in [0.717, 1.165) is 5.56 Å². The highest BCUT2D eigenvalue weighted by atomic mass is 16.5. The molecule has 1 rings (SSSR count). The number of benzene rings is 1. The summed E-state index contributed by atoms with van der Waals surface area (Å²) in [6.07, 6.45) is 1.68. The normalized spacial score (nSPS) is 11.0. The first kappa shape index (κ1) is 10.3. The van der Waals surface area contributed by atoms with Gasteiger partial charge >= 0.3 is 0 Å². The second-order valence-corrected chi connectivity index (χ2v) is 2.81. The SMILES string of the molecule is COC/C(C#N)=C/c1cccc(O)c1. The van der Waals surface area contributed by atoms with E-state index in [1.54, 1.807) is 24.3 Å². The molecule has 1 N–H and O–H groups in total. The Labute approximate surface area is 82.9 Å². The zero-order valence-corrected chi connectivity index (χ0v) is 7.90. The second kappa shape index (κ2) is 5.05. The van der Waals surface area contributed by atoms with Crippen LogP contribution < -0.4 is 0 Å². The van der Waals surface area contributed by atoms with Gasteiger partial charge in [-0.2, -0.15) is 5.26 Å². The number of ether oxygens (including phenoxy) is 1. The third kappa shape index (κ3) is 2.92. The fraction of sp³-hybridized carbons (Fsp3) is 0.182. The first-order chi connectivity index (χ1) is 6.76. The summed E-state index contributed by atoms with van der Waals surface area (Å²) >= 11 is 0. The first-order valence-corrected chi connectivity index (χ1v) is 4.15. The summed E-state index contributed by atoms with van der Waals surface area (Å²) in [5.41, 5.74) is 1.32. The maximum atomic E-state index is 9.19. The molecule has 0 unspecified atom stereocenters. The van der Waals surface area contributed by atoms with Crippen LogP contribution in [0.4, 0.5) is 0 Å². The largest absolute Gasteiger partial charge is 0.508 e. The van der Waals surface area contributed by atoms with Gasteiger partial charge in [0.1, 0.15) is 5.75 Å². The Hall–Kier alpha value is -1.79. The number of hydrogen-bond acceptors (Lipinski definition) is 3. The lowest BCUT2D eigenvalue weighted by molar-refractivity contribution is 0.229. The number of methoxy groups -OCH3 is 1. The van der Waals surface area contributed by atoms with Gasteiger partial charge in [-0.3, -0.25) is 0 Å². The molecule has 1 aromatic carbocycles. The zero-order chi connectivity index (χ0) is 10.4. The zero-order valence-electron chi connectivity index (χ0n) is 7.90. The number of hydrogen-bond donors (Lipinski definition) is 1. The van der Waals surface area contributed by atoms with Gasteiger partial charge in [0.2, 0.25) is 0 Å². The number of phenols is 1. The van der Waals surface area contributed by atoms with Crippen LogP contribution in [0, 0.1) is 11.3 Å². The molecule has 0 aliphatic heterocycles. The van der Waals surface area contributed by atoms with Crippen LogP contribution in [0.2, 0.25) is 0 Å². The number of phenolic OH excluding ortho intramolecular Hbond substituents is 1. The number of aromatic hydroxyl groups is 1. The summed E-state index contributed by atoms with van der Waals surface area (Å²) in [6.45, 7) is 0.284. The standard InChI is InChI=1S/C11H11NO2/c1-14-8-10(7-12)5-9-3-2-4-11(13)6-9/h2-6,13H,8H2,1H3/b10-5+. The molecule has 14 heavy (non-hydrogen) atoms. The third-order valence-corrected chi connectivity index (χ3v) is 1.65. The predicted octanol–water partition coefficient (Wildman–Crippen LogP) is 1.95. The number of rotatable bonds is 3. The van der Waals surface area contributed by atoms with Crippen molar-refractivity contribution in [3.8, 4) is 11.8 Å². The lowest BCUT2D eigenvalue weighted by Crippen LogP contribution is -1.91. The topological polar surface area (TPSA) is 53.2 Å². The molecule has 0 aliphatic carbocycles.